The third-order valence-electron chi connectivity index (χ3n) is 6.33. The Bertz CT molecular complexity index is 1180. The summed E-state index contributed by atoms with van der Waals surface area (Å²) in [5.41, 5.74) is 5.75. The molecule has 170 valence electrons. The van der Waals surface area contributed by atoms with E-state index in [1.54, 1.807) is 4.90 Å². The number of likely N-dealkylation sites (tertiary alicyclic amines) is 1. The first-order chi connectivity index (χ1) is 15.8. The number of nitrogens with zero attached hydrogens (tertiary/aromatic N) is 2. The highest BCUT2D eigenvalue weighted by Gasteiger charge is 2.28. The van der Waals surface area contributed by atoms with Gasteiger partial charge < -0.3 is 10.2 Å². The quantitative estimate of drug-likeness (QED) is 0.583. The fourth-order valence-corrected chi connectivity index (χ4v) is 4.23. The molecule has 2 amide bonds. The number of amides is 2. The summed E-state index contributed by atoms with van der Waals surface area (Å²) < 4.78 is 13.2. The topological polar surface area (TPSA) is 62.3 Å². The van der Waals surface area contributed by atoms with Crippen LogP contribution in [0.25, 0.3) is 0 Å². The van der Waals surface area contributed by atoms with Crippen LogP contribution >= 0.6 is 0 Å². The maximum Gasteiger partial charge on any atom is 0.257 e. The van der Waals surface area contributed by atoms with Gasteiger partial charge in [-0.25, -0.2) is 4.39 Å². The molecule has 6 heteroatoms. The highest BCUT2D eigenvalue weighted by atomic mass is 19.1. The van der Waals surface area contributed by atoms with E-state index in [2.05, 4.69) is 5.32 Å². The molecule has 0 unspecified atom stereocenters. The monoisotopic (exact) mass is 445 g/mol. The largest absolute Gasteiger partial charge is 0.339 e. The van der Waals surface area contributed by atoms with Gasteiger partial charge in [0.15, 0.2) is 0 Å². The SMILES string of the molecule is Cc1ccc(C(=O)Nc2ccc(C)c(C)c2)c(C2CCN(C(=O)c3ccc(F)cc3)CC2)n1. The minimum absolute atomic E-state index is 0.0858. The van der Waals surface area contributed by atoms with E-state index in [-0.39, 0.29) is 23.5 Å². The van der Waals surface area contributed by atoms with Crippen molar-refractivity contribution < 1.29 is 14.0 Å². The fraction of sp³-hybridized carbons (Fsp3) is 0.296. The van der Waals surface area contributed by atoms with Gasteiger partial charge in [0, 0.05) is 36.0 Å². The van der Waals surface area contributed by atoms with Gasteiger partial charge in [-0.2, -0.15) is 0 Å². The molecule has 0 saturated carbocycles. The molecule has 1 N–H and O–H groups in total. The zero-order valence-electron chi connectivity index (χ0n) is 19.2. The normalized spacial score (nSPS) is 14.2. The van der Waals surface area contributed by atoms with Crippen molar-refractivity contribution in [3.05, 3.63) is 94.1 Å². The second-order valence-corrected chi connectivity index (χ2v) is 8.71. The molecule has 0 spiro atoms. The van der Waals surface area contributed by atoms with E-state index >= 15 is 0 Å². The maximum atomic E-state index is 13.2. The Hall–Kier alpha value is -3.54. The number of hydrogen-bond acceptors (Lipinski definition) is 3. The van der Waals surface area contributed by atoms with Gasteiger partial charge in [0.25, 0.3) is 11.8 Å². The van der Waals surface area contributed by atoms with Crippen molar-refractivity contribution in [1.82, 2.24) is 9.88 Å². The van der Waals surface area contributed by atoms with Crippen molar-refractivity contribution in [2.45, 2.75) is 39.5 Å². The summed E-state index contributed by atoms with van der Waals surface area (Å²) in [6, 6.07) is 15.2. The Kier molecular flexibility index (Phi) is 6.54. The van der Waals surface area contributed by atoms with Crippen molar-refractivity contribution in [3.63, 3.8) is 0 Å². The van der Waals surface area contributed by atoms with E-state index in [4.69, 9.17) is 4.98 Å². The van der Waals surface area contributed by atoms with Crippen molar-refractivity contribution in [2.75, 3.05) is 18.4 Å². The number of benzene rings is 2. The first-order valence-corrected chi connectivity index (χ1v) is 11.2. The van der Waals surface area contributed by atoms with Crippen LogP contribution in [0.5, 0.6) is 0 Å². The van der Waals surface area contributed by atoms with Crippen molar-refractivity contribution >= 4 is 17.5 Å². The van der Waals surface area contributed by atoms with Gasteiger partial charge in [-0.15, -0.1) is 0 Å². The molecule has 0 aliphatic carbocycles. The van der Waals surface area contributed by atoms with Gasteiger partial charge in [-0.1, -0.05) is 6.07 Å². The minimum atomic E-state index is -0.359. The number of carbonyl (C=O) groups excluding carboxylic acids is 2. The van der Waals surface area contributed by atoms with Gasteiger partial charge in [-0.05, 0) is 93.3 Å². The standard InChI is InChI=1S/C27H28FN3O2/c1-17-4-10-23(16-18(17)2)30-26(32)24-11-5-19(3)29-25(24)20-12-14-31(15-13-20)27(33)21-6-8-22(28)9-7-21/h4-11,16,20H,12-15H2,1-3H3,(H,30,32). The van der Waals surface area contributed by atoms with Gasteiger partial charge in [0.2, 0.25) is 0 Å². The predicted octanol–water partition coefficient (Wildman–Crippen LogP) is 5.42. The second kappa shape index (κ2) is 9.53. The number of carbonyl (C=O) groups is 2. The second-order valence-electron chi connectivity index (χ2n) is 8.71. The Morgan fingerprint density at radius 2 is 1.64 bits per heavy atom. The van der Waals surface area contributed by atoms with Crippen LogP contribution in [0.15, 0.2) is 54.6 Å². The van der Waals surface area contributed by atoms with Crippen LogP contribution in [0.2, 0.25) is 0 Å². The van der Waals surface area contributed by atoms with Crippen LogP contribution in [0.1, 0.15) is 62.0 Å². The lowest BCUT2D eigenvalue weighted by Crippen LogP contribution is -2.38. The summed E-state index contributed by atoms with van der Waals surface area (Å²) in [6.45, 7) is 7.10. The van der Waals surface area contributed by atoms with Crippen LogP contribution < -0.4 is 5.32 Å². The average Bonchev–Trinajstić information content (AvgIpc) is 2.81. The van der Waals surface area contributed by atoms with Crippen molar-refractivity contribution in [1.29, 1.82) is 0 Å². The highest BCUT2D eigenvalue weighted by Crippen LogP contribution is 2.30. The molecule has 3 aromatic rings. The summed E-state index contributed by atoms with van der Waals surface area (Å²) in [6.07, 6.45) is 1.43. The lowest BCUT2D eigenvalue weighted by molar-refractivity contribution is 0.0711. The number of piperidine rings is 1. The summed E-state index contributed by atoms with van der Waals surface area (Å²) >= 11 is 0. The smallest absolute Gasteiger partial charge is 0.257 e. The molecule has 2 aromatic carbocycles. The first-order valence-electron chi connectivity index (χ1n) is 11.2. The molecule has 2 heterocycles. The summed E-state index contributed by atoms with van der Waals surface area (Å²) in [5, 5.41) is 3.00. The van der Waals surface area contributed by atoms with Crippen LogP contribution in [-0.4, -0.2) is 34.8 Å². The Labute approximate surface area is 193 Å². The maximum absolute atomic E-state index is 13.2. The molecule has 4 rings (SSSR count). The van der Waals surface area contributed by atoms with E-state index < -0.39 is 0 Å². The summed E-state index contributed by atoms with van der Waals surface area (Å²) in [5.74, 6) is -0.547. The van der Waals surface area contributed by atoms with E-state index in [1.165, 1.54) is 29.8 Å². The molecule has 33 heavy (non-hydrogen) atoms. The number of aryl methyl sites for hydroxylation is 3. The molecule has 0 radical (unpaired) electrons. The fourth-order valence-electron chi connectivity index (χ4n) is 4.23. The molecule has 1 fully saturated rings. The third-order valence-corrected chi connectivity index (χ3v) is 6.33. The number of rotatable bonds is 4. The van der Waals surface area contributed by atoms with Crippen molar-refractivity contribution in [3.8, 4) is 0 Å². The number of nitrogens with one attached hydrogen (secondary N) is 1. The lowest BCUT2D eigenvalue weighted by atomic mass is 9.89. The molecule has 0 atom stereocenters. The molecule has 1 aromatic heterocycles. The highest BCUT2D eigenvalue weighted by molar-refractivity contribution is 6.05. The zero-order valence-corrected chi connectivity index (χ0v) is 19.2. The average molecular weight is 446 g/mol. The predicted molar refractivity (Wildman–Crippen MR) is 127 cm³/mol. The van der Waals surface area contributed by atoms with Gasteiger partial charge in [0.05, 0.1) is 11.3 Å². The molecule has 5 nitrogen and oxygen atoms in total. The van der Waals surface area contributed by atoms with E-state index in [0.29, 0.717) is 37.1 Å². The van der Waals surface area contributed by atoms with Gasteiger partial charge >= 0.3 is 0 Å². The Balaban J connectivity index is 1.48. The van der Waals surface area contributed by atoms with Crippen LogP contribution in [0, 0.1) is 26.6 Å². The van der Waals surface area contributed by atoms with E-state index in [9.17, 15) is 14.0 Å². The number of aromatic nitrogens is 1. The van der Waals surface area contributed by atoms with Gasteiger partial charge in [-0.3, -0.25) is 14.6 Å². The van der Waals surface area contributed by atoms with Crippen LogP contribution in [0.3, 0.4) is 0 Å². The van der Waals surface area contributed by atoms with E-state index in [1.807, 2.05) is 51.1 Å². The van der Waals surface area contributed by atoms with Crippen LogP contribution in [0.4, 0.5) is 10.1 Å². The lowest BCUT2D eigenvalue weighted by Gasteiger charge is -2.32. The molecule has 1 aliphatic rings. The third kappa shape index (κ3) is 5.11. The molecular formula is C27H28FN3O2. The summed E-state index contributed by atoms with van der Waals surface area (Å²) in [4.78, 5) is 32.4. The molecule has 0 bridgehead atoms. The first kappa shape index (κ1) is 22.6. The molecule has 1 saturated heterocycles. The molecule has 1 aliphatic heterocycles. The minimum Gasteiger partial charge on any atom is -0.339 e. The summed E-state index contributed by atoms with van der Waals surface area (Å²) in [7, 11) is 0. The van der Waals surface area contributed by atoms with Crippen molar-refractivity contribution in [2.24, 2.45) is 0 Å². The van der Waals surface area contributed by atoms with E-state index in [0.717, 1.165) is 22.6 Å². The number of hydrogen-bond donors (Lipinski definition) is 1. The van der Waals surface area contributed by atoms with Crippen LogP contribution in [-0.2, 0) is 0 Å². The van der Waals surface area contributed by atoms with Gasteiger partial charge in [0.1, 0.15) is 5.82 Å². The molecular weight excluding hydrogens is 417 g/mol. The Morgan fingerprint density at radius 1 is 0.939 bits per heavy atom. The number of halogens is 1. The number of anilines is 1. The zero-order chi connectivity index (χ0) is 23.5. The Morgan fingerprint density at radius 3 is 2.30 bits per heavy atom. The number of pyridine rings is 1.